The van der Waals surface area contributed by atoms with E-state index in [-0.39, 0.29) is 28.8 Å². The van der Waals surface area contributed by atoms with Crippen LogP contribution in [-0.4, -0.2) is 47.2 Å². The second-order valence-electron chi connectivity index (χ2n) is 7.65. The van der Waals surface area contributed by atoms with E-state index in [1.807, 2.05) is 40.9 Å². The standard InChI is InChI=1S/C21H26N2O3S/c1-11-8-16(24)19(17(25)9-11)20(26)14-10-12(2)21-18(13(14)3)15(6-7-27-21)22-23(4)5/h10-11,24H,6-9H2,1-5H3. The second-order valence-corrected chi connectivity index (χ2v) is 8.76. The molecule has 0 fully saturated rings. The van der Waals surface area contributed by atoms with E-state index in [0.29, 0.717) is 18.4 Å². The lowest BCUT2D eigenvalue weighted by Crippen LogP contribution is -2.25. The van der Waals surface area contributed by atoms with E-state index >= 15 is 0 Å². The number of allylic oxidation sites excluding steroid dienone is 2. The van der Waals surface area contributed by atoms with Crippen molar-refractivity contribution >= 4 is 29.0 Å². The topological polar surface area (TPSA) is 70.0 Å². The van der Waals surface area contributed by atoms with Gasteiger partial charge in [0.05, 0.1) is 5.71 Å². The molecule has 1 aromatic rings. The quantitative estimate of drug-likeness (QED) is 0.482. The van der Waals surface area contributed by atoms with Crippen LogP contribution in [0.2, 0.25) is 0 Å². The molecule has 27 heavy (non-hydrogen) atoms. The Morgan fingerprint density at radius 2 is 2.00 bits per heavy atom. The van der Waals surface area contributed by atoms with Crippen molar-refractivity contribution in [2.75, 3.05) is 19.8 Å². The number of aliphatic hydroxyl groups excluding tert-OH is 1. The molecule has 0 spiro atoms. The third kappa shape index (κ3) is 3.68. The summed E-state index contributed by atoms with van der Waals surface area (Å²) >= 11 is 1.78. The van der Waals surface area contributed by atoms with Crippen LogP contribution in [0.15, 0.2) is 27.4 Å². The van der Waals surface area contributed by atoms with Crippen LogP contribution >= 0.6 is 11.8 Å². The number of rotatable bonds is 3. The summed E-state index contributed by atoms with van der Waals surface area (Å²) in [6, 6.07) is 1.85. The molecule has 1 N–H and O–H groups in total. The zero-order valence-electron chi connectivity index (χ0n) is 16.5. The molecule has 144 valence electrons. The number of aliphatic hydroxyl groups is 1. The number of ketones is 2. The third-order valence-corrected chi connectivity index (χ3v) is 6.26. The van der Waals surface area contributed by atoms with Gasteiger partial charge in [0, 0.05) is 55.1 Å². The zero-order valence-corrected chi connectivity index (χ0v) is 17.4. The number of carbonyl (C=O) groups is 2. The smallest absolute Gasteiger partial charge is 0.200 e. The first kappa shape index (κ1) is 19.7. The number of benzene rings is 1. The van der Waals surface area contributed by atoms with Crippen molar-refractivity contribution in [1.29, 1.82) is 0 Å². The van der Waals surface area contributed by atoms with Crippen molar-refractivity contribution in [3.05, 3.63) is 39.7 Å². The van der Waals surface area contributed by atoms with Crippen molar-refractivity contribution in [3.63, 3.8) is 0 Å². The van der Waals surface area contributed by atoms with Gasteiger partial charge in [-0.05, 0) is 37.0 Å². The van der Waals surface area contributed by atoms with Crippen molar-refractivity contribution in [2.24, 2.45) is 11.0 Å². The summed E-state index contributed by atoms with van der Waals surface area (Å²) in [6.45, 7) is 5.81. The third-order valence-electron chi connectivity index (χ3n) is 5.03. The summed E-state index contributed by atoms with van der Waals surface area (Å²) < 4.78 is 0. The van der Waals surface area contributed by atoms with Gasteiger partial charge in [0.25, 0.3) is 0 Å². The molecule has 0 saturated carbocycles. The number of aryl methyl sites for hydroxylation is 1. The minimum absolute atomic E-state index is 0.0369. The number of hydrogen-bond donors (Lipinski definition) is 1. The zero-order chi connectivity index (χ0) is 19.9. The normalized spacial score (nSPS) is 21.4. The molecule has 1 atom stereocenters. The molecule has 2 aliphatic rings. The minimum Gasteiger partial charge on any atom is -0.511 e. The molecule has 6 heteroatoms. The summed E-state index contributed by atoms with van der Waals surface area (Å²) in [4.78, 5) is 26.8. The molecular formula is C21H26N2O3S. The number of hydrazone groups is 1. The number of Topliss-reactive ketones (excluding diaryl/α,β-unsaturated/α-hetero) is 2. The van der Waals surface area contributed by atoms with Gasteiger partial charge in [-0.2, -0.15) is 5.10 Å². The van der Waals surface area contributed by atoms with Gasteiger partial charge in [-0.1, -0.05) is 6.92 Å². The molecule has 0 amide bonds. The van der Waals surface area contributed by atoms with Crippen LogP contribution in [-0.2, 0) is 4.79 Å². The lowest BCUT2D eigenvalue weighted by atomic mass is 9.83. The highest BCUT2D eigenvalue weighted by molar-refractivity contribution is 7.99. The number of fused-ring (bicyclic) bond motifs is 1. The Morgan fingerprint density at radius 3 is 2.63 bits per heavy atom. The average molecular weight is 387 g/mol. The van der Waals surface area contributed by atoms with Gasteiger partial charge in [-0.3, -0.25) is 9.59 Å². The Balaban J connectivity index is 2.16. The number of nitrogens with zero attached hydrogens (tertiary/aromatic N) is 2. The summed E-state index contributed by atoms with van der Waals surface area (Å²) in [5.74, 6) is 0.316. The average Bonchev–Trinajstić information content (AvgIpc) is 2.56. The predicted octanol–water partition coefficient (Wildman–Crippen LogP) is 4.06. The van der Waals surface area contributed by atoms with Crippen molar-refractivity contribution in [2.45, 2.75) is 44.9 Å². The Morgan fingerprint density at radius 1 is 1.30 bits per heavy atom. The molecule has 0 saturated heterocycles. The van der Waals surface area contributed by atoms with Crippen LogP contribution in [0.25, 0.3) is 0 Å². The van der Waals surface area contributed by atoms with E-state index in [0.717, 1.165) is 39.5 Å². The number of thioether (sulfide) groups is 1. The van der Waals surface area contributed by atoms with Crippen LogP contribution in [0, 0.1) is 19.8 Å². The fourth-order valence-electron chi connectivity index (χ4n) is 3.85. The molecule has 0 bridgehead atoms. The van der Waals surface area contributed by atoms with E-state index in [1.54, 1.807) is 16.8 Å². The lowest BCUT2D eigenvalue weighted by molar-refractivity contribution is -0.116. The van der Waals surface area contributed by atoms with Crippen molar-refractivity contribution < 1.29 is 14.7 Å². The van der Waals surface area contributed by atoms with Crippen LogP contribution in [0.4, 0.5) is 0 Å². The maximum absolute atomic E-state index is 13.2. The molecule has 1 aliphatic heterocycles. The molecule has 1 aromatic carbocycles. The van der Waals surface area contributed by atoms with E-state index in [4.69, 9.17) is 0 Å². The molecule has 5 nitrogen and oxygen atoms in total. The lowest BCUT2D eigenvalue weighted by Gasteiger charge is -2.25. The van der Waals surface area contributed by atoms with Gasteiger partial charge in [-0.25, -0.2) is 0 Å². The Hall–Kier alpha value is -2.08. The molecule has 1 unspecified atom stereocenters. The van der Waals surface area contributed by atoms with Gasteiger partial charge < -0.3 is 10.1 Å². The summed E-state index contributed by atoms with van der Waals surface area (Å²) in [6.07, 6.45) is 1.51. The maximum atomic E-state index is 13.2. The maximum Gasteiger partial charge on any atom is 0.200 e. The van der Waals surface area contributed by atoms with E-state index in [2.05, 4.69) is 5.10 Å². The highest BCUT2D eigenvalue weighted by Crippen LogP contribution is 2.38. The van der Waals surface area contributed by atoms with E-state index in [1.165, 1.54) is 0 Å². The summed E-state index contributed by atoms with van der Waals surface area (Å²) in [5.41, 5.74) is 4.26. The fourth-order valence-corrected chi connectivity index (χ4v) is 5.06. The van der Waals surface area contributed by atoms with Crippen molar-refractivity contribution in [3.8, 4) is 0 Å². The van der Waals surface area contributed by atoms with Gasteiger partial charge in [-0.15, -0.1) is 11.8 Å². The molecular weight excluding hydrogens is 360 g/mol. The van der Waals surface area contributed by atoms with Gasteiger partial charge >= 0.3 is 0 Å². The molecule has 0 radical (unpaired) electrons. The van der Waals surface area contributed by atoms with Crippen LogP contribution in [0.3, 0.4) is 0 Å². The largest absolute Gasteiger partial charge is 0.511 e. The number of carbonyl (C=O) groups excluding carboxylic acids is 2. The van der Waals surface area contributed by atoms with Crippen LogP contribution < -0.4 is 0 Å². The van der Waals surface area contributed by atoms with Gasteiger partial charge in [0.2, 0.25) is 0 Å². The molecule has 1 aliphatic carbocycles. The SMILES string of the molecule is Cc1cc(C(=O)C2=C(O)CC(C)CC2=O)c(C)c2c1SCCC2=NN(C)C. The van der Waals surface area contributed by atoms with Crippen molar-refractivity contribution in [1.82, 2.24) is 5.01 Å². The predicted molar refractivity (Wildman–Crippen MR) is 109 cm³/mol. The summed E-state index contributed by atoms with van der Waals surface area (Å²) in [5, 5.41) is 16.7. The molecule has 3 rings (SSSR count). The van der Waals surface area contributed by atoms with E-state index in [9.17, 15) is 14.7 Å². The highest BCUT2D eigenvalue weighted by atomic mass is 32.2. The Bertz CT molecular complexity index is 884. The first-order valence-electron chi connectivity index (χ1n) is 9.22. The van der Waals surface area contributed by atoms with Crippen LogP contribution in [0.5, 0.6) is 0 Å². The van der Waals surface area contributed by atoms with Gasteiger partial charge in [0.15, 0.2) is 11.6 Å². The Kier molecular flexibility index (Phi) is 5.47. The second kappa shape index (κ2) is 7.50. The van der Waals surface area contributed by atoms with E-state index < -0.39 is 0 Å². The Labute approximate surface area is 164 Å². The summed E-state index contributed by atoms with van der Waals surface area (Å²) in [7, 11) is 3.77. The highest BCUT2D eigenvalue weighted by Gasteiger charge is 2.33. The van der Waals surface area contributed by atoms with Gasteiger partial charge in [0.1, 0.15) is 11.3 Å². The minimum atomic E-state index is -0.368. The molecule has 0 aromatic heterocycles. The fraction of sp³-hybridized carbons (Fsp3) is 0.476. The number of hydrogen-bond acceptors (Lipinski definition) is 6. The monoisotopic (exact) mass is 386 g/mol. The first-order valence-corrected chi connectivity index (χ1v) is 10.2. The van der Waals surface area contributed by atoms with Crippen LogP contribution in [0.1, 0.15) is 53.2 Å². The molecule has 1 heterocycles. The first-order chi connectivity index (χ1) is 12.7.